The molecule has 1 aromatic rings. The Labute approximate surface area is 179 Å². The van der Waals surface area contributed by atoms with E-state index in [4.69, 9.17) is 15.9 Å². The highest BCUT2D eigenvalue weighted by Gasteiger charge is 2.41. The van der Waals surface area contributed by atoms with Gasteiger partial charge in [0.15, 0.2) is 5.84 Å². The molecule has 8 nitrogen and oxygen atoms in total. The van der Waals surface area contributed by atoms with E-state index in [1.165, 1.54) is 11.9 Å². The summed E-state index contributed by atoms with van der Waals surface area (Å²) in [6.45, 7) is 4.69. The number of nitrogens with zero attached hydrogens (tertiary/aromatic N) is 2. The van der Waals surface area contributed by atoms with Crippen LogP contribution in [0.4, 0.5) is 5.69 Å². The summed E-state index contributed by atoms with van der Waals surface area (Å²) in [6.07, 6.45) is 1.44. The van der Waals surface area contributed by atoms with Gasteiger partial charge in [0, 0.05) is 23.1 Å². The van der Waals surface area contributed by atoms with E-state index in [1.54, 1.807) is 4.90 Å². The molecular formula is C21H25N5O3S. The Morgan fingerprint density at radius 3 is 2.80 bits per heavy atom. The zero-order valence-corrected chi connectivity index (χ0v) is 17.7. The van der Waals surface area contributed by atoms with E-state index in [1.807, 2.05) is 44.2 Å². The van der Waals surface area contributed by atoms with Crippen molar-refractivity contribution in [3.05, 3.63) is 40.8 Å². The highest BCUT2D eigenvalue weighted by atomic mass is 32.2. The first-order valence-corrected chi connectivity index (χ1v) is 10.8. The van der Waals surface area contributed by atoms with Crippen molar-refractivity contribution in [2.45, 2.75) is 32.4 Å². The van der Waals surface area contributed by atoms with E-state index in [0.29, 0.717) is 13.0 Å². The van der Waals surface area contributed by atoms with Crippen molar-refractivity contribution in [3.8, 4) is 0 Å². The summed E-state index contributed by atoms with van der Waals surface area (Å²) in [6, 6.07) is 7.44. The minimum atomic E-state index is -1.21. The van der Waals surface area contributed by atoms with Crippen molar-refractivity contribution in [1.82, 2.24) is 4.72 Å². The number of Topliss-reactive ketones (excluding diaryl/α,β-unsaturated/α-hetero) is 1. The van der Waals surface area contributed by atoms with Crippen LogP contribution in [0.25, 0.3) is 0 Å². The number of morpholine rings is 1. The van der Waals surface area contributed by atoms with E-state index in [2.05, 4.69) is 9.71 Å². The average Bonchev–Trinajstić information content (AvgIpc) is 2.73. The van der Waals surface area contributed by atoms with Gasteiger partial charge >= 0.3 is 0 Å². The molecule has 0 spiro atoms. The number of anilines is 1. The van der Waals surface area contributed by atoms with Crippen molar-refractivity contribution in [2.24, 2.45) is 22.6 Å². The largest absolute Gasteiger partial charge is 0.387 e. The number of aryl methyl sites for hydroxylation is 1. The Hall–Kier alpha value is -2.65. The summed E-state index contributed by atoms with van der Waals surface area (Å²) < 4.78 is 8.52. The second-order valence-electron chi connectivity index (χ2n) is 7.90. The van der Waals surface area contributed by atoms with E-state index < -0.39 is 11.9 Å². The summed E-state index contributed by atoms with van der Waals surface area (Å²) in [5.41, 5.74) is 7.55. The number of rotatable bonds is 4. The SMILES string of the molecule is Cc1ccc(N2CCOC(C(=O)C3=NC4CC(C)C(C(=N)N)C=C4SN3)C2=O)cc1. The first-order valence-electron chi connectivity index (χ1n) is 9.95. The Balaban J connectivity index is 1.52. The molecule has 1 aromatic carbocycles. The zero-order chi connectivity index (χ0) is 21.4. The number of fused-ring (bicyclic) bond motifs is 1. The van der Waals surface area contributed by atoms with Gasteiger partial charge in [-0.05, 0) is 43.3 Å². The smallest absolute Gasteiger partial charge is 0.264 e. The second-order valence-corrected chi connectivity index (χ2v) is 8.78. The molecule has 158 valence electrons. The quantitative estimate of drug-likeness (QED) is 0.292. The third-order valence-electron chi connectivity index (χ3n) is 5.70. The van der Waals surface area contributed by atoms with Crippen LogP contribution in [0.2, 0.25) is 0 Å². The van der Waals surface area contributed by atoms with Crippen molar-refractivity contribution in [1.29, 1.82) is 5.41 Å². The molecule has 1 saturated heterocycles. The van der Waals surface area contributed by atoms with Crippen LogP contribution >= 0.6 is 11.9 Å². The lowest BCUT2D eigenvalue weighted by atomic mass is 9.82. The summed E-state index contributed by atoms with van der Waals surface area (Å²) in [5.74, 6) is -0.509. The Kier molecular flexibility index (Phi) is 5.66. The zero-order valence-electron chi connectivity index (χ0n) is 16.9. The molecule has 30 heavy (non-hydrogen) atoms. The molecule has 4 atom stereocenters. The van der Waals surface area contributed by atoms with Gasteiger partial charge in [0.05, 0.1) is 18.5 Å². The van der Waals surface area contributed by atoms with Gasteiger partial charge in [0.25, 0.3) is 5.91 Å². The standard InChI is InChI=1S/C21H25N5O3S/c1-11-3-5-13(6-4-11)26-7-8-29-18(21(26)28)17(27)20-24-15-9-12(2)14(19(22)23)10-16(15)30-25-20/h3-6,10,12,14-15,18H,7-9H2,1-2H3,(H3,22,23)(H,24,25). The molecule has 4 unspecified atom stereocenters. The minimum absolute atomic E-state index is 0.121. The highest BCUT2D eigenvalue weighted by molar-refractivity contribution is 8.02. The van der Waals surface area contributed by atoms with Crippen molar-refractivity contribution < 1.29 is 14.3 Å². The van der Waals surface area contributed by atoms with Crippen molar-refractivity contribution in [2.75, 3.05) is 18.1 Å². The lowest BCUT2D eigenvalue weighted by Crippen LogP contribution is -2.54. The Morgan fingerprint density at radius 1 is 1.37 bits per heavy atom. The maximum absolute atomic E-state index is 13.1. The van der Waals surface area contributed by atoms with Gasteiger partial charge in [-0.25, -0.2) is 0 Å². The number of nitrogens with two attached hydrogens (primary N) is 1. The monoisotopic (exact) mass is 427 g/mol. The van der Waals surface area contributed by atoms with Crippen LogP contribution in [0, 0.1) is 24.2 Å². The maximum atomic E-state index is 13.1. The highest BCUT2D eigenvalue weighted by Crippen LogP contribution is 2.37. The molecular weight excluding hydrogens is 402 g/mol. The third kappa shape index (κ3) is 3.87. The fourth-order valence-corrected chi connectivity index (χ4v) is 4.83. The normalized spacial score (nSPS) is 28.7. The van der Waals surface area contributed by atoms with Crippen LogP contribution in [0.3, 0.4) is 0 Å². The molecule has 0 saturated carbocycles. The third-order valence-corrected chi connectivity index (χ3v) is 6.64. The number of hydrogen-bond donors (Lipinski definition) is 3. The Morgan fingerprint density at radius 2 is 2.10 bits per heavy atom. The maximum Gasteiger partial charge on any atom is 0.264 e. The number of benzene rings is 1. The summed E-state index contributed by atoms with van der Waals surface area (Å²) in [5, 5.41) is 7.75. The van der Waals surface area contributed by atoms with Crippen molar-refractivity contribution in [3.63, 3.8) is 0 Å². The van der Waals surface area contributed by atoms with Gasteiger partial charge in [0.1, 0.15) is 0 Å². The number of amidine groups is 2. The molecule has 0 bridgehead atoms. The number of ether oxygens (including phenoxy) is 1. The predicted octanol–water partition coefficient (Wildman–Crippen LogP) is 1.79. The first kappa shape index (κ1) is 20.6. The van der Waals surface area contributed by atoms with E-state index in [-0.39, 0.29) is 42.1 Å². The molecule has 4 N–H and O–H groups in total. The van der Waals surface area contributed by atoms with Crippen LogP contribution in [0.1, 0.15) is 18.9 Å². The van der Waals surface area contributed by atoms with Crippen LogP contribution in [0.5, 0.6) is 0 Å². The van der Waals surface area contributed by atoms with Crippen LogP contribution in [-0.4, -0.2) is 48.7 Å². The lowest BCUT2D eigenvalue weighted by molar-refractivity contribution is -0.142. The summed E-state index contributed by atoms with van der Waals surface area (Å²) in [4.78, 5) is 33.2. The molecule has 1 aliphatic carbocycles. The van der Waals surface area contributed by atoms with Gasteiger partial charge in [-0.15, -0.1) is 0 Å². The number of aliphatic imine (C=N–C) groups is 1. The fraction of sp³-hybridized carbons (Fsp3) is 0.429. The van der Waals surface area contributed by atoms with Gasteiger partial charge in [0.2, 0.25) is 11.9 Å². The van der Waals surface area contributed by atoms with Gasteiger partial charge in [-0.3, -0.25) is 20.0 Å². The molecule has 1 fully saturated rings. The van der Waals surface area contributed by atoms with E-state index in [0.717, 1.165) is 16.2 Å². The van der Waals surface area contributed by atoms with Gasteiger partial charge < -0.3 is 20.1 Å². The number of hydrogen-bond acceptors (Lipinski definition) is 7. The molecule has 3 aliphatic rings. The van der Waals surface area contributed by atoms with Gasteiger partial charge in [-0.1, -0.05) is 30.7 Å². The summed E-state index contributed by atoms with van der Waals surface area (Å²) >= 11 is 1.30. The Bertz CT molecular complexity index is 942. The average molecular weight is 428 g/mol. The predicted molar refractivity (Wildman–Crippen MR) is 117 cm³/mol. The number of ketones is 1. The topological polar surface area (TPSA) is 121 Å². The molecule has 9 heteroatoms. The number of carbonyl (C=O) groups excluding carboxylic acids is 2. The molecule has 0 radical (unpaired) electrons. The van der Waals surface area contributed by atoms with Gasteiger partial charge in [-0.2, -0.15) is 0 Å². The number of carbonyl (C=O) groups is 2. The fourth-order valence-electron chi connectivity index (χ4n) is 3.96. The molecule has 4 rings (SSSR count). The van der Waals surface area contributed by atoms with E-state index in [9.17, 15) is 9.59 Å². The van der Waals surface area contributed by atoms with Crippen molar-refractivity contribution >= 4 is 41.0 Å². The first-order chi connectivity index (χ1) is 14.3. The van der Waals surface area contributed by atoms with E-state index >= 15 is 0 Å². The number of amides is 1. The molecule has 2 aliphatic heterocycles. The minimum Gasteiger partial charge on any atom is -0.387 e. The molecule has 1 amide bonds. The second kappa shape index (κ2) is 8.23. The van der Waals surface area contributed by atoms with Crippen LogP contribution < -0.4 is 15.4 Å². The number of nitrogens with one attached hydrogen (secondary N) is 2. The van der Waals surface area contributed by atoms with Crippen LogP contribution in [0.15, 0.2) is 40.2 Å². The summed E-state index contributed by atoms with van der Waals surface area (Å²) in [7, 11) is 0. The lowest BCUT2D eigenvalue weighted by Gasteiger charge is -2.35. The molecule has 0 aromatic heterocycles. The molecule has 2 heterocycles. The van der Waals surface area contributed by atoms with Crippen LogP contribution in [-0.2, 0) is 14.3 Å².